The molecule has 2 heterocycles. The van der Waals surface area contributed by atoms with Gasteiger partial charge in [-0.05, 0) is 46.2 Å². The molecule has 1 N–H and O–H groups in total. The summed E-state index contributed by atoms with van der Waals surface area (Å²) in [5, 5.41) is 29.1. The summed E-state index contributed by atoms with van der Waals surface area (Å²) in [6.07, 6.45) is 1.59. The van der Waals surface area contributed by atoms with Gasteiger partial charge in [0.25, 0.3) is 0 Å². The SMILES string of the molecule is COc1ccc(CN(Cc2ccco2)c2cc(N(C)CCO)c([N+](=O)[O-])c3nonc23)cc1. The van der Waals surface area contributed by atoms with Gasteiger partial charge in [-0.25, -0.2) is 4.63 Å². The monoisotopic (exact) mass is 453 g/mol. The van der Waals surface area contributed by atoms with Crippen molar-refractivity contribution in [3.63, 3.8) is 0 Å². The van der Waals surface area contributed by atoms with E-state index in [2.05, 4.69) is 10.3 Å². The molecule has 0 spiro atoms. The fraction of sp³-hybridized carbons (Fsp3) is 0.273. The van der Waals surface area contributed by atoms with Crippen molar-refractivity contribution in [3.8, 4) is 5.75 Å². The third-order valence-corrected chi connectivity index (χ3v) is 5.30. The highest BCUT2D eigenvalue weighted by Crippen LogP contribution is 2.40. The second-order valence-electron chi connectivity index (χ2n) is 7.41. The van der Waals surface area contributed by atoms with E-state index in [-0.39, 0.29) is 29.9 Å². The van der Waals surface area contributed by atoms with Crippen LogP contribution in [0.15, 0.2) is 57.8 Å². The lowest BCUT2D eigenvalue weighted by atomic mass is 10.1. The van der Waals surface area contributed by atoms with Crippen LogP contribution in [0.3, 0.4) is 0 Å². The Labute approximate surface area is 188 Å². The normalized spacial score (nSPS) is 11.0. The molecule has 0 bridgehead atoms. The molecule has 4 aromatic rings. The average molecular weight is 453 g/mol. The highest BCUT2D eigenvalue weighted by molar-refractivity contribution is 6.00. The molecule has 0 aliphatic carbocycles. The number of methoxy groups -OCH3 is 1. The maximum Gasteiger partial charge on any atom is 0.323 e. The number of furan rings is 1. The number of likely N-dealkylation sites (N-methyl/N-ethyl adjacent to an activating group) is 1. The first-order chi connectivity index (χ1) is 16.0. The predicted octanol–water partition coefficient (Wildman–Crippen LogP) is 3.37. The number of hydrogen-bond donors (Lipinski definition) is 1. The van der Waals surface area contributed by atoms with Gasteiger partial charge in [0, 0.05) is 20.1 Å². The third-order valence-electron chi connectivity index (χ3n) is 5.30. The van der Waals surface area contributed by atoms with Gasteiger partial charge in [0.05, 0.1) is 37.1 Å². The molecule has 0 unspecified atom stereocenters. The quantitative estimate of drug-likeness (QED) is 0.282. The summed E-state index contributed by atoms with van der Waals surface area (Å²) >= 11 is 0. The first-order valence-corrected chi connectivity index (χ1v) is 10.2. The van der Waals surface area contributed by atoms with E-state index in [1.54, 1.807) is 37.5 Å². The first kappa shape index (κ1) is 22.1. The standard InChI is InChI=1S/C22H23N5O6/c1-25(9-10-28)19-12-18(20-21(24-33-23-20)22(19)27(29)30)26(14-17-4-3-11-32-17)13-15-5-7-16(31-2)8-6-15/h3-8,11-12,28H,9-10,13-14H2,1-2H3. The number of rotatable bonds is 10. The minimum absolute atomic E-state index is 0.0384. The molecule has 11 nitrogen and oxygen atoms in total. The van der Waals surface area contributed by atoms with Gasteiger partial charge in [0.15, 0.2) is 5.52 Å². The Bertz CT molecular complexity index is 1220. The lowest BCUT2D eigenvalue weighted by molar-refractivity contribution is -0.382. The topological polar surface area (TPSA) is 131 Å². The number of aliphatic hydroxyl groups excluding tert-OH is 1. The zero-order valence-corrected chi connectivity index (χ0v) is 18.2. The van der Waals surface area contributed by atoms with Gasteiger partial charge < -0.3 is 24.1 Å². The summed E-state index contributed by atoms with van der Waals surface area (Å²) in [4.78, 5) is 15.0. The van der Waals surface area contributed by atoms with Crippen LogP contribution in [-0.2, 0) is 13.1 Å². The van der Waals surface area contributed by atoms with Crippen LogP contribution in [0.1, 0.15) is 11.3 Å². The number of fused-ring (bicyclic) bond motifs is 1. The summed E-state index contributed by atoms with van der Waals surface area (Å²) in [7, 11) is 3.27. The molecule has 172 valence electrons. The Kier molecular flexibility index (Phi) is 6.41. The van der Waals surface area contributed by atoms with Crippen LogP contribution in [0.5, 0.6) is 5.75 Å². The number of aromatic nitrogens is 2. The zero-order valence-electron chi connectivity index (χ0n) is 18.2. The Hall–Kier alpha value is -4.12. The van der Waals surface area contributed by atoms with Crippen LogP contribution in [0.25, 0.3) is 11.0 Å². The van der Waals surface area contributed by atoms with Crippen LogP contribution in [0.2, 0.25) is 0 Å². The number of benzene rings is 2. The van der Waals surface area contributed by atoms with Gasteiger partial charge in [-0.1, -0.05) is 12.1 Å². The van der Waals surface area contributed by atoms with E-state index in [0.717, 1.165) is 11.3 Å². The van der Waals surface area contributed by atoms with Crippen LogP contribution >= 0.6 is 0 Å². The van der Waals surface area contributed by atoms with Gasteiger partial charge >= 0.3 is 5.69 Å². The fourth-order valence-electron chi connectivity index (χ4n) is 3.65. The highest BCUT2D eigenvalue weighted by Gasteiger charge is 2.29. The van der Waals surface area contributed by atoms with Gasteiger partial charge in [0.1, 0.15) is 17.2 Å². The van der Waals surface area contributed by atoms with E-state index < -0.39 is 4.92 Å². The number of nitro benzene ring substituents is 1. The van der Waals surface area contributed by atoms with Crippen molar-refractivity contribution in [1.29, 1.82) is 0 Å². The zero-order chi connectivity index (χ0) is 23.4. The molecule has 0 atom stereocenters. The maximum atomic E-state index is 11.9. The molecule has 0 saturated carbocycles. The molecule has 4 rings (SSSR count). The van der Waals surface area contributed by atoms with Crippen LogP contribution in [-0.4, -0.2) is 47.7 Å². The number of hydrogen-bond acceptors (Lipinski definition) is 10. The van der Waals surface area contributed by atoms with E-state index in [0.29, 0.717) is 30.2 Å². The van der Waals surface area contributed by atoms with Gasteiger partial charge in [-0.15, -0.1) is 0 Å². The van der Waals surface area contributed by atoms with Crippen molar-refractivity contribution in [2.45, 2.75) is 13.1 Å². The number of aliphatic hydroxyl groups is 1. The largest absolute Gasteiger partial charge is 0.497 e. The maximum absolute atomic E-state index is 11.9. The van der Waals surface area contributed by atoms with Crippen LogP contribution in [0, 0.1) is 10.1 Å². The van der Waals surface area contributed by atoms with E-state index in [1.165, 1.54) is 0 Å². The smallest absolute Gasteiger partial charge is 0.323 e. The second-order valence-corrected chi connectivity index (χ2v) is 7.41. The Morgan fingerprint density at radius 1 is 1.12 bits per heavy atom. The highest BCUT2D eigenvalue weighted by atomic mass is 16.6. The minimum atomic E-state index is -0.514. The van der Waals surface area contributed by atoms with E-state index >= 15 is 0 Å². The third kappa shape index (κ3) is 4.58. The number of nitro groups is 1. The molecule has 0 fully saturated rings. The fourth-order valence-corrected chi connectivity index (χ4v) is 3.65. The number of ether oxygens (including phenoxy) is 1. The lowest BCUT2D eigenvalue weighted by Crippen LogP contribution is -2.25. The molecular weight excluding hydrogens is 430 g/mol. The second kappa shape index (κ2) is 9.57. The molecule has 2 aromatic carbocycles. The number of anilines is 2. The minimum Gasteiger partial charge on any atom is -0.497 e. The van der Waals surface area contributed by atoms with Crippen LogP contribution < -0.4 is 14.5 Å². The lowest BCUT2D eigenvalue weighted by Gasteiger charge is -2.26. The van der Waals surface area contributed by atoms with E-state index in [9.17, 15) is 15.2 Å². The Balaban J connectivity index is 1.85. The van der Waals surface area contributed by atoms with Gasteiger partial charge in [0.2, 0.25) is 5.52 Å². The summed E-state index contributed by atoms with van der Waals surface area (Å²) in [6.45, 7) is 0.864. The molecule has 0 saturated heterocycles. The van der Waals surface area contributed by atoms with Crippen molar-refractivity contribution in [2.75, 3.05) is 37.1 Å². The van der Waals surface area contributed by atoms with Crippen molar-refractivity contribution in [1.82, 2.24) is 10.3 Å². The van der Waals surface area contributed by atoms with Crippen molar-refractivity contribution >= 4 is 28.1 Å². The van der Waals surface area contributed by atoms with E-state index in [1.807, 2.05) is 35.2 Å². The Morgan fingerprint density at radius 2 is 1.88 bits per heavy atom. The number of nitrogens with zero attached hydrogens (tertiary/aromatic N) is 5. The summed E-state index contributed by atoms with van der Waals surface area (Å²) in [5.41, 5.74) is 1.94. The molecule has 0 radical (unpaired) electrons. The molecular formula is C22H23N5O6. The molecule has 0 amide bonds. The molecule has 33 heavy (non-hydrogen) atoms. The van der Waals surface area contributed by atoms with E-state index in [4.69, 9.17) is 13.8 Å². The van der Waals surface area contributed by atoms with Crippen molar-refractivity contribution in [3.05, 3.63) is 70.2 Å². The Morgan fingerprint density at radius 3 is 2.52 bits per heavy atom. The molecule has 2 aromatic heterocycles. The first-order valence-electron chi connectivity index (χ1n) is 10.2. The van der Waals surface area contributed by atoms with Crippen molar-refractivity contribution < 1.29 is 23.8 Å². The summed E-state index contributed by atoms with van der Waals surface area (Å²) in [6, 6.07) is 12.9. The van der Waals surface area contributed by atoms with Crippen molar-refractivity contribution in [2.24, 2.45) is 0 Å². The summed E-state index contributed by atoms with van der Waals surface area (Å²) < 4.78 is 15.7. The predicted molar refractivity (Wildman–Crippen MR) is 120 cm³/mol. The van der Waals surface area contributed by atoms with Crippen LogP contribution in [0.4, 0.5) is 17.1 Å². The van der Waals surface area contributed by atoms with Gasteiger partial charge in [-0.3, -0.25) is 10.1 Å². The summed E-state index contributed by atoms with van der Waals surface area (Å²) in [5.74, 6) is 1.44. The molecule has 0 aliphatic rings. The molecule has 11 heteroatoms. The van der Waals surface area contributed by atoms with Gasteiger partial charge in [-0.2, -0.15) is 0 Å². The average Bonchev–Trinajstić information content (AvgIpc) is 3.50. The molecule has 0 aliphatic heterocycles.